The Morgan fingerprint density at radius 1 is 1.25 bits per heavy atom. The van der Waals surface area contributed by atoms with Crippen LogP contribution in [-0.4, -0.2) is 24.4 Å². The highest BCUT2D eigenvalue weighted by Gasteiger charge is 2.33. The van der Waals surface area contributed by atoms with E-state index in [2.05, 4.69) is 5.32 Å². The zero-order chi connectivity index (χ0) is 17.3. The van der Waals surface area contributed by atoms with Crippen LogP contribution in [0.15, 0.2) is 42.5 Å². The van der Waals surface area contributed by atoms with Gasteiger partial charge in [0.25, 0.3) is 5.91 Å². The number of carbonyl (C=O) groups excluding carboxylic acids is 2. The van der Waals surface area contributed by atoms with Crippen LogP contribution in [0.3, 0.4) is 0 Å². The number of aryl methyl sites for hydroxylation is 1. The summed E-state index contributed by atoms with van der Waals surface area (Å²) in [7, 11) is 0. The molecule has 4 nitrogen and oxygen atoms in total. The van der Waals surface area contributed by atoms with Gasteiger partial charge in [0.05, 0.1) is 5.02 Å². The van der Waals surface area contributed by atoms with E-state index in [0.29, 0.717) is 13.0 Å². The van der Waals surface area contributed by atoms with E-state index in [1.165, 1.54) is 12.1 Å². The third kappa shape index (κ3) is 3.26. The van der Waals surface area contributed by atoms with Crippen LogP contribution < -0.4 is 10.2 Å². The summed E-state index contributed by atoms with van der Waals surface area (Å²) in [6, 6.07) is 10.8. The number of hydrogen-bond donors (Lipinski definition) is 1. The monoisotopic (exact) mass is 346 g/mol. The second-order valence-corrected chi connectivity index (χ2v) is 6.18. The Morgan fingerprint density at radius 3 is 2.62 bits per heavy atom. The molecule has 3 rings (SSSR count). The maximum Gasteiger partial charge on any atom is 0.251 e. The highest BCUT2D eigenvalue weighted by molar-refractivity contribution is 6.31. The molecule has 2 aromatic rings. The Balaban J connectivity index is 1.70. The van der Waals surface area contributed by atoms with Crippen molar-refractivity contribution in [3.05, 3.63) is 64.4 Å². The molecule has 1 saturated heterocycles. The van der Waals surface area contributed by atoms with Crippen LogP contribution in [0.25, 0.3) is 0 Å². The van der Waals surface area contributed by atoms with Gasteiger partial charge in [-0.25, -0.2) is 4.39 Å². The van der Waals surface area contributed by atoms with Crippen LogP contribution in [-0.2, 0) is 4.79 Å². The van der Waals surface area contributed by atoms with Gasteiger partial charge >= 0.3 is 0 Å². The topological polar surface area (TPSA) is 49.4 Å². The molecule has 24 heavy (non-hydrogen) atoms. The Morgan fingerprint density at radius 2 is 1.96 bits per heavy atom. The van der Waals surface area contributed by atoms with E-state index < -0.39 is 17.8 Å². The largest absolute Gasteiger partial charge is 0.340 e. The second-order valence-electron chi connectivity index (χ2n) is 5.77. The quantitative estimate of drug-likeness (QED) is 0.926. The molecule has 1 unspecified atom stereocenters. The summed E-state index contributed by atoms with van der Waals surface area (Å²) < 4.78 is 13.2. The number of hydrogen-bond acceptors (Lipinski definition) is 2. The zero-order valence-corrected chi connectivity index (χ0v) is 13.8. The van der Waals surface area contributed by atoms with E-state index in [-0.39, 0.29) is 16.5 Å². The Kier molecular flexibility index (Phi) is 4.53. The van der Waals surface area contributed by atoms with Crippen molar-refractivity contribution < 1.29 is 14.0 Å². The third-order valence-corrected chi connectivity index (χ3v) is 4.33. The first-order valence-corrected chi connectivity index (χ1v) is 7.97. The lowest BCUT2D eigenvalue weighted by molar-refractivity contribution is -0.118. The van der Waals surface area contributed by atoms with Gasteiger partial charge in [-0.3, -0.25) is 9.59 Å². The normalized spacial score (nSPS) is 17.2. The van der Waals surface area contributed by atoms with Gasteiger partial charge in [0, 0.05) is 17.8 Å². The van der Waals surface area contributed by atoms with Gasteiger partial charge in [-0.15, -0.1) is 0 Å². The molecule has 0 saturated carbocycles. The van der Waals surface area contributed by atoms with Gasteiger partial charge in [-0.1, -0.05) is 29.3 Å². The van der Waals surface area contributed by atoms with Crippen LogP contribution >= 0.6 is 11.6 Å². The van der Waals surface area contributed by atoms with Crippen molar-refractivity contribution in [3.8, 4) is 0 Å². The van der Waals surface area contributed by atoms with Gasteiger partial charge in [0.15, 0.2) is 0 Å². The molecule has 1 aliphatic heterocycles. The van der Waals surface area contributed by atoms with Gasteiger partial charge in [-0.05, 0) is 43.7 Å². The third-order valence-electron chi connectivity index (χ3n) is 4.04. The van der Waals surface area contributed by atoms with Crippen molar-refractivity contribution in [2.75, 3.05) is 11.4 Å². The standard InChI is InChI=1S/C18H16ClFN2O2/c1-11-2-5-13(6-3-11)22-9-8-16(18(22)24)21-17(23)12-4-7-15(20)14(19)10-12/h2-7,10,16H,8-9H2,1H3,(H,21,23). The van der Waals surface area contributed by atoms with E-state index in [9.17, 15) is 14.0 Å². The predicted octanol–water partition coefficient (Wildman–Crippen LogP) is 3.32. The van der Waals surface area contributed by atoms with Gasteiger partial charge in [0.1, 0.15) is 11.9 Å². The fraction of sp³-hybridized carbons (Fsp3) is 0.222. The van der Waals surface area contributed by atoms with Crippen LogP contribution in [0.2, 0.25) is 5.02 Å². The second kappa shape index (κ2) is 6.61. The Hall–Kier alpha value is -2.40. The lowest BCUT2D eigenvalue weighted by Gasteiger charge is -2.17. The number of nitrogens with zero attached hydrogens (tertiary/aromatic N) is 1. The molecule has 1 atom stereocenters. The SMILES string of the molecule is Cc1ccc(N2CCC(NC(=O)c3ccc(F)c(Cl)c3)C2=O)cc1. The molecule has 0 aromatic heterocycles. The number of benzene rings is 2. The number of halogens is 2. The summed E-state index contributed by atoms with van der Waals surface area (Å²) in [6.07, 6.45) is 0.521. The van der Waals surface area contributed by atoms with Crippen LogP contribution in [0.4, 0.5) is 10.1 Å². The van der Waals surface area contributed by atoms with Crippen LogP contribution in [0, 0.1) is 12.7 Å². The van der Waals surface area contributed by atoms with Crippen molar-refractivity contribution in [2.24, 2.45) is 0 Å². The van der Waals surface area contributed by atoms with Crippen molar-refractivity contribution >= 4 is 29.1 Å². The molecule has 2 aromatic carbocycles. The van der Waals surface area contributed by atoms with E-state index in [1.807, 2.05) is 31.2 Å². The summed E-state index contributed by atoms with van der Waals surface area (Å²) in [5.41, 5.74) is 2.15. The molecule has 124 valence electrons. The first-order valence-electron chi connectivity index (χ1n) is 7.59. The number of nitrogens with one attached hydrogen (secondary N) is 1. The fourth-order valence-corrected chi connectivity index (χ4v) is 2.85. The van der Waals surface area contributed by atoms with Crippen molar-refractivity contribution in [1.29, 1.82) is 0 Å². The minimum absolute atomic E-state index is 0.123. The zero-order valence-electron chi connectivity index (χ0n) is 13.1. The van der Waals surface area contributed by atoms with E-state index in [1.54, 1.807) is 4.90 Å². The molecule has 2 amide bonds. The van der Waals surface area contributed by atoms with E-state index in [0.717, 1.165) is 17.3 Å². The summed E-state index contributed by atoms with van der Waals surface area (Å²) in [4.78, 5) is 26.4. The van der Waals surface area contributed by atoms with E-state index >= 15 is 0 Å². The highest BCUT2D eigenvalue weighted by Crippen LogP contribution is 2.22. The number of amides is 2. The maximum absolute atomic E-state index is 13.2. The molecule has 0 aliphatic carbocycles. The van der Waals surface area contributed by atoms with Gasteiger partial charge in [-0.2, -0.15) is 0 Å². The van der Waals surface area contributed by atoms with Crippen molar-refractivity contribution in [2.45, 2.75) is 19.4 Å². The summed E-state index contributed by atoms with van der Waals surface area (Å²) >= 11 is 5.69. The highest BCUT2D eigenvalue weighted by atomic mass is 35.5. The molecule has 1 heterocycles. The molecule has 1 fully saturated rings. The average Bonchev–Trinajstić information content (AvgIpc) is 2.92. The van der Waals surface area contributed by atoms with Crippen molar-refractivity contribution in [3.63, 3.8) is 0 Å². The maximum atomic E-state index is 13.2. The van der Waals surface area contributed by atoms with Gasteiger partial charge < -0.3 is 10.2 Å². The molecule has 0 bridgehead atoms. The summed E-state index contributed by atoms with van der Waals surface area (Å²) in [5.74, 6) is -1.18. The smallest absolute Gasteiger partial charge is 0.251 e. The summed E-state index contributed by atoms with van der Waals surface area (Å²) in [6.45, 7) is 2.52. The molecule has 6 heteroatoms. The lowest BCUT2D eigenvalue weighted by Crippen LogP contribution is -2.41. The minimum atomic E-state index is -0.595. The van der Waals surface area contributed by atoms with Gasteiger partial charge in [0.2, 0.25) is 5.91 Å². The van der Waals surface area contributed by atoms with E-state index in [4.69, 9.17) is 11.6 Å². The average molecular weight is 347 g/mol. The minimum Gasteiger partial charge on any atom is -0.340 e. The Labute approximate surface area is 144 Å². The molecule has 1 aliphatic rings. The molecule has 1 N–H and O–H groups in total. The number of rotatable bonds is 3. The molecule has 0 spiro atoms. The Bertz CT molecular complexity index is 792. The molecular formula is C18H16ClFN2O2. The van der Waals surface area contributed by atoms with Crippen LogP contribution in [0.5, 0.6) is 0 Å². The molecule has 0 radical (unpaired) electrons. The number of carbonyl (C=O) groups is 2. The first kappa shape index (κ1) is 16.5. The first-order chi connectivity index (χ1) is 11.5. The summed E-state index contributed by atoms with van der Waals surface area (Å²) in [5, 5.41) is 2.57. The predicted molar refractivity (Wildman–Crippen MR) is 90.8 cm³/mol. The lowest BCUT2D eigenvalue weighted by atomic mass is 10.1. The van der Waals surface area contributed by atoms with Crippen LogP contribution in [0.1, 0.15) is 22.3 Å². The molecular weight excluding hydrogens is 331 g/mol. The number of anilines is 1. The van der Waals surface area contributed by atoms with Crippen molar-refractivity contribution in [1.82, 2.24) is 5.32 Å². The fourth-order valence-electron chi connectivity index (χ4n) is 2.67.